The Morgan fingerprint density at radius 2 is 2.00 bits per heavy atom. The summed E-state index contributed by atoms with van der Waals surface area (Å²) in [6, 6.07) is 12.9. The van der Waals surface area contributed by atoms with Gasteiger partial charge in [-0.15, -0.1) is 0 Å². The number of likely N-dealkylation sites (N-methyl/N-ethyl adjacent to an activating group) is 1. The van der Waals surface area contributed by atoms with Crippen molar-refractivity contribution in [1.82, 2.24) is 14.5 Å². The van der Waals surface area contributed by atoms with Gasteiger partial charge in [0.05, 0.1) is 0 Å². The zero-order valence-corrected chi connectivity index (χ0v) is 17.6. The second-order valence-corrected chi connectivity index (χ2v) is 9.12. The summed E-state index contributed by atoms with van der Waals surface area (Å²) in [5.74, 6) is 0.569. The summed E-state index contributed by atoms with van der Waals surface area (Å²) < 4.78 is 2.63. The van der Waals surface area contributed by atoms with Crippen LogP contribution in [-0.4, -0.2) is 27.5 Å². The van der Waals surface area contributed by atoms with Crippen LogP contribution in [0.1, 0.15) is 66.7 Å². The monoisotopic (exact) mass is 373 g/mol. The van der Waals surface area contributed by atoms with Crippen LogP contribution in [-0.2, 0) is 19.4 Å². The molecule has 1 fully saturated rings. The molecule has 2 atom stereocenters. The molecule has 2 aromatic heterocycles. The van der Waals surface area contributed by atoms with Crippen molar-refractivity contribution in [2.75, 3.05) is 7.05 Å². The summed E-state index contributed by atoms with van der Waals surface area (Å²) >= 11 is 0. The molecule has 3 aromatic rings. The average Bonchev–Trinajstić information content (AvgIpc) is 3.11. The predicted molar refractivity (Wildman–Crippen MR) is 116 cm³/mol. The van der Waals surface area contributed by atoms with Gasteiger partial charge >= 0.3 is 0 Å². The van der Waals surface area contributed by atoms with Gasteiger partial charge in [0.25, 0.3) is 0 Å². The first-order valence-electron chi connectivity index (χ1n) is 10.8. The lowest BCUT2D eigenvalue weighted by molar-refractivity contribution is 0.222. The van der Waals surface area contributed by atoms with E-state index < -0.39 is 0 Å². The first kappa shape index (κ1) is 17.9. The molecule has 3 heteroatoms. The molecule has 1 saturated heterocycles. The van der Waals surface area contributed by atoms with E-state index >= 15 is 0 Å². The maximum atomic E-state index is 4.49. The highest BCUT2D eigenvalue weighted by molar-refractivity contribution is 5.87. The van der Waals surface area contributed by atoms with Crippen molar-refractivity contribution in [2.24, 2.45) is 0 Å². The number of hydrogen-bond acceptors (Lipinski definition) is 2. The van der Waals surface area contributed by atoms with Crippen molar-refractivity contribution in [3.05, 3.63) is 64.6 Å². The van der Waals surface area contributed by atoms with Crippen LogP contribution in [0, 0.1) is 6.92 Å². The molecule has 5 rings (SSSR count). The van der Waals surface area contributed by atoms with E-state index in [-0.39, 0.29) is 0 Å². The number of aromatic nitrogens is 2. The average molecular weight is 374 g/mol. The Morgan fingerprint density at radius 3 is 2.75 bits per heavy atom. The van der Waals surface area contributed by atoms with Crippen molar-refractivity contribution < 1.29 is 0 Å². The molecule has 3 nitrogen and oxygen atoms in total. The Labute approximate surface area is 168 Å². The Balaban J connectivity index is 1.60. The summed E-state index contributed by atoms with van der Waals surface area (Å²) in [5.41, 5.74) is 8.52. The molecule has 0 radical (unpaired) electrons. The molecule has 0 saturated carbocycles. The van der Waals surface area contributed by atoms with Crippen molar-refractivity contribution in [3.63, 3.8) is 0 Å². The highest BCUT2D eigenvalue weighted by Crippen LogP contribution is 2.47. The van der Waals surface area contributed by atoms with E-state index in [0.29, 0.717) is 18.0 Å². The van der Waals surface area contributed by atoms with Crippen LogP contribution in [0.3, 0.4) is 0 Å². The van der Waals surface area contributed by atoms with Gasteiger partial charge in [-0.1, -0.05) is 26.0 Å². The summed E-state index contributed by atoms with van der Waals surface area (Å²) in [6.45, 7) is 7.69. The van der Waals surface area contributed by atoms with E-state index in [9.17, 15) is 0 Å². The molecule has 2 aliphatic heterocycles. The second kappa shape index (κ2) is 6.73. The molecule has 1 aromatic carbocycles. The van der Waals surface area contributed by atoms with Gasteiger partial charge in [-0.2, -0.15) is 0 Å². The van der Waals surface area contributed by atoms with Crippen molar-refractivity contribution in [1.29, 1.82) is 0 Å². The minimum absolute atomic E-state index is 0.569. The summed E-state index contributed by atoms with van der Waals surface area (Å²) in [6.07, 6.45) is 6.92. The third-order valence-electron chi connectivity index (χ3n) is 7.10. The highest BCUT2D eigenvalue weighted by atomic mass is 15.2. The lowest BCUT2D eigenvalue weighted by Gasteiger charge is -2.32. The molecule has 146 valence electrons. The number of aryl methyl sites for hydroxylation is 3. The summed E-state index contributed by atoms with van der Waals surface area (Å²) in [4.78, 5) is 7.12. The Kier molecular flexibility index (Phi) is 4.31. The summed E-state index contributed by atoms with van der Waals surface area (Å²) in [7, 11) is 2.33. The van der Waals surface area contributed by atoms with Gasteiger partial charge in [0, 0.05) is 53.5 Å². The Bertz CT molecular complexity index is 1010. The number of pyridine rings is 1. The minimum atomic E-state index is 0.569. The van der Waals surface area contributed by atoms with Gasteiger partial charge in [-0.3, -0.25) is 9.88 Å². The maximum Gasteiger partial charge on any atom is 0.0486 e. The largest absolute Gasteiger partial charge is 0.344 e. The molecule has 0 amide bonds. The highest BCUT2D eigenvalue weighted by Gasteiger charge is 2.40. The van der Waals surface area contributed by atoms with Crippen LogP contribution in [0.2, 0.25) is 0 Å². The van der Waals surface area contributed by atoms with Crippen LogP contribution in [0.5, 0.6) is 0 Å². The van der Waals surface area contributed by atoms with Gasteiger partial charge in [0.1, 0.15) is 0 Å². The van der Waals surface area contributed by atoms with E-state index in [0.717, 1.165) is 18.7 Å². The molecular weight excluding hydrogens is 342 g/mol. The lowest BCUT2D eigenvalue weighted by atomic mass is 9.95. The fraction of sp³-hybridized carbons (Fsp3) is 0.480. The Morgan fingerprint density at radius 1 is 1.14 bits per heavy atom. The molecule has 2 aliphatic rings. The zero-order valence-electron chi connectivity index (χ0n) is 17.6. The molecule has 28 heavy (non-hydrogen) atoms. The number of nitrogens with zero attached hydrogens (tertiary/aromatic N) is 3. The first-order chi connectivity index (χ1) is 13.5. The number of fused-ring (bicyclic) bond motifs is 6. The number of hydrogen-bond donors (Lipinski definition) is 0. The maximum absolute atomic E-state index is 4.49. The molecule has 2 unspecified atom stereocenters. The SMILES string of the molecule is Cc1ccc(CCn2c3c(c4cc(C(C)C)ccc42)C2CCC(C3)N2C)cn1. The van der Waals surface area contributed by atoms with Crippen LogP contribution in [0.25, 0.3) is 10.9 Å². The lowest BCUT2D eigenvalue weighted by Crippen LogP contribution is -2.34. The molecule has 0 spiro atoms. The van der Waals surface area contributed by atoms with Crippen molar-refractivity contribution in [2.45, 2.75) is 71.0 Å². The van der Waals surface area contributed by atoms with E-state index in [4.69, 9.17) is 0 Å². The van der Waals surface area contributed by atoms with E-state index in [2.05, 4.69) is 72.6 Å². The van der Waals surface area contributed by atoms with E-state index in [1.54, 1.807) is 11.3 Å². The smallest absolute Gasteiger partial charge is 0.0486 e. The third-order valence-corrected chi connectivity index (χ3v) is 7.10. The van der Waals surface area contributed by atoms with Gasteiger partial charge in [0.2, 0.25) is 0 Å². The quantitative estimate of drug-likeness (QED) is 0.610. The zero-order chi connectivity index (χ0) is 19.4. The third kappa shape index (κ3) is 2.79. The van der Waals surface area contributed by atoms with Gasteiger partial charge < -0.3 is 4.57 Å². The molecular formula is C25H31N3. The van der Waals surface area contributed by atoms with E-state index in [1.807, 2.05) is 6.20 Å². The van der Waals surface area contributed by atoms with E-state index in [1.165, 1.54) is 41.3 Å². The van der Waals surface area contributed by atoms with Crippen LogP contribution < -0.4 is 0 Å². The van der Waals surface area contributed by atoms with Crippen LogP contribution in [0.4, 0.5) is 0 Å². The molecule has 2 bridgehead atoms. The fourth-order valence-electron chi connectivity index (χ4n) is 5.37. The van der Waals surface area contributed by atoms with Crippen LogP contribution in [0.15, 0.2) is 36.5 Å². The molecule has 0 aliphatic carbocycles. The van der Waals surface area contributed by atoms with Crippen molar-refractivity contribution >= 4 is 10.9 Å². The Hall–Kier alpha value is -2.13. The predicted octanol–water partition coefficient (Wildman–Crippen LogP) is 5.40. The normalized spacial score (nSPS) is 21.6. The molecule has 4 heterocycles. The minimum Gasteiger partial charge on any atom is -0.344 e. The van der Waals surface area contributed by atoms with Crippen molar-refractivity contribution in [3.8, 4) is 0 Å². The number of rotatable bonds is 4. The molecule has 0 N–H and O–H groups in total. The van der Waals surface area contributed by atoms with Gasteiger partial charge in [-0.05, 0) is 74.0 Å². The topological polar surface area (TPSA) is 21.1 Å². The van der Waals surface area contributed by atoms with Gasteiger partial charge in [-0.25, -0.2) is 0 Å². The number of benzene rings is 1. The van der Waals surface area contributed by atoms with Crippen LogP contribution >= 0.6 is 0 Å². The van der Waals surface area contributed by atoms with Gasteiger partial charge in [0.15, 0.2) is 0 Å². The fourth-order valence-corrected chi connectivity index (χ4v) is 5.37. The second-order valence-electron chi connectivity index (χ2n) is 9.12. The standard InChI is InChI=1S/C25H31N3/c1-16(2)19-7-9-22-21(13-19)25-23-10-8-20(27(23)4)14-24(25)28(22)12-11-18-6-5-17(3)26-15-18/h5-7,9,13,15-16,20,23H,8,10-12,14H2,1-4H3. The first-order valence-corrected chi connectivity index (χ1v) is 10.8. The summed E-state index contributed by atoms with van der Waals surface area (Å²) in [5, 5.41) is 1.50.